The van der Waals surface area contributed by atoms with Crippen molar-refractivity contribution in [3.05, 3.63) is 28.7 Å². The van der Waals surface area contributed by atoms with Gasteiger partial charge in [0.15, 0.2) is 17.6 Å². The van der Waals surface area contributed by atoms with E-state index < -0.39 is 12.1 Å². The van der Waals surface area contributed by atoms with Gasteiger partial charge >= 0.3 is 5.97 Å². The normalized spacial score (nSPS) is 11.7. The number of carbonyl (C=O) groups is 1. The second kappa shape index (κ2) is 6.58. The van der Waals surface area contributed by atoms with Crippen LogP contribution in [0.3, 0.4) is 0 Å². The van der Waals surface area contributed by atoms with Crippen LogP contribution in [0, 0.1) is 4.91 Å². The van der Waals surface area contributed by atoms with Gasteiger partial charge in [-0.05, 0) is 24.1 Å². The maximum Gasteiger partial charge on any atom is 0.344 e. The van der Waals surface area contributed by atoms with Crippen LogP contribution in [0.1, 0.15) is 18.9 Å². The molecular weight excluding hydrogens is 238 g/mol. The van der Waals surface area contributed by atoms with Crippen LogP contribution in [0.4, 0.5) is 0 Å². The van der Waals surface area contributed by atoms with Crippen LogP contribution in [0.2, 0.25) is 0 Å². The molecule has 1 aromatic carbocycles. The first-order chi connectivity index (χ1) is 8.62. The minimum absolute atomic E-state index is 0.00418. The number of nitrogens with zero attached hydrogens (tertiary/aromatic N) is 1. The third-order valence-electron chi connectivity index (χ3n) is 2.39. The second-order valence-electron chi connectivity index (χ2n) is 3.63. The topological polar surface area (TPSA) is 85.2 Å². The Kier molecular flexibility index (Phi) is 5.10. The minimum Gasteiger partial charge on any atom is -0.493 e. The molecule has 18 heavy (non-hydrogen) atoms. The number of hydrogen-bond acceptors (Lipinski definition) is 5. The Bertz CT molecular complexity index is 432. The van der Waals surface area contributed by atoms with Crippen molar-refractivity contribution in [2.24, 2.45) is 5.18 Å². The van der Waals surface area contributed by atoms with Crippen LogP contribution in [0.25, 0.3) is 0 Å². The highest BCUT2D eigenvalue weighted by atomic mass is 16.5. The van der Waals surface area contributed by atoms with Gasteiger partial charge in [-0.2, -0.15) is 4.91 Å². The fourth-order valence-electron chi connectivity index (χ4n) is 1.45. The second-order valence-corrected chi connectivity index (χ2v) is 3.63. The van der Waals surface area contributed by atoms with E-state index in [1.165, 1.54) is 7.11 Å². The third kappa shape index (κ3) is 3.44. The molecule has 6 heteroatoms. The lowest BCUT2D eigenvalue weighted by molar-refractivity contribution is -0.145. The highest BCUT2D eigenvalue weighted by molar-refractivity contribution is 5.72. The standard InChI is InChI=1S/C12H15NO5/c1-3-9(12(14)15)18-11-6-8(7-13-16)4-5-10(11)17-2/h4-6,9H,3,7H2,1-2H3,(H,14,15). The van der Waals surface area contributed by atoms with E-state index in [0.717, 1.165) is 0 Å². The van der Waals surface area contributed by atoms with Crippen molar-refractivity contribution in [1.82, 2.24) is 0 Å². The number of benzene rings is 1. The molecule has 0 aromatic heterocycles. The first-order valence-electron chi connectivity index (χ1n) is 5.47. The Labute approximate surface area is 104 Å². The van der Waals surface area contributed by atoms with Crippen molar-refractivity contribution >= 4 is 5.97 Å². The van der Waals surface area contributed by atoms with Gasteiger partial charge in [-0.1, -0.05) is 18.2 Å². The van der Waals surface area contributed by atoms with Gasteiger partial charge in [0.2, 0.25) is 0 Å². The summed E-state index contributed by atoms with van der Waals surface area (Å²) in [5.74, 6) is -0.323. The third-order valence-corrected chi connectivity index (χ3v) is 2.39. The quantitative estimate of drug-likeness (QED) is 0.753. The minimum atomic E-state index is -1.04. The largest absolute Gasteiger partial charge is 0.493 e. The molecule has 0 amide bonds. The summed E-state index contributed by atoms with van der Waals surface area (Å²) in [6, 6.07) is 4.85. The Morgan fingerprint density at radius 3 is 2.67 bits per heavy atom. The average Bonchev–Trinajstić information content (AvgIpc) is 2.36. The fraction of sp³-hybridized carbons (Fsp3) is 0.417. The lowest BCUT2D eigenvalue weighted by atomic mass is 10.2. The van der Waals surface area contributed by atoms with Crippen LogP contribution < -0.4 is 9.47 Å². The fourth-order valence-corrected chi connectivity index (χ4v) is 1.45. The van der Waals surface area contributed by atoms with E-state index >= 15 is 0 Å². The van der Waals surface area contributed by atoms with Gasteiger partial charge < -0.3 is 14.6 Å². The molecule has 1 unspecified atom stereocenters. The summed E-state index contributed by atoms with van der Waals surface area (Å²) in [4.78, 5) is 21.1. The van der Waals surface area contributed by atoms with Crippen molar-refractivity contribution in [3.63, 3.8) is 0 Å². The molecule has 0 aliphatic heterocycles. The number of hydrogen-bond donors (Lipinski definition) is 1. The average molecular weight is 253 g/mol. The van der Waals surface area contributed by atoms with Crippen molar-refractivity contribution in [2.45, 2.75) is 26.0 Å². The van der Waals surface area contributed by atoms with E-state index in [1.807, 2.05) is 0 Å². The number of methoxy groups -OCH3 is 1. The zero-order valence-electron chi connectivity index (χ0n) is 10.3. The molecule has 1 aromatic rings. The molecule has 1 N–H and O–H groups in total. The maximum absolute atomic E-state index is 10.9. The summed E-state index contributed by atoms with van der Waals surface area (Å²) < 4.78 is 10.4. The summed E-state index contributed by atoms with van der Waals surface area (Å²) in [7, 11) is 1.46. The number of carboxylic acid groups (broad SMARTS) is 1. The Balaban J connectivity index is 2.99. The highest BCUT2D eigenvalue weighted by Crippen LogP contribution is 2.29. The lowest BCUT2D eigenvalue weighted by Crippen LogP contribution is -2.26. The predicted octanol–water partition coefficient (Wildman–Crippen LogP) is 2.20. The summed E-state index contributed by atoms with van der Waals surface area (Å²) in [5.41, 5.74) is 0.640. The number of aliphatic carboxylic acids is 1. The van der Waals surface area contributed by atoms with E-state index in [2.05, 4.69) is 5.18 Å². The van der Waals surface area contributed by atoms with Crippen LogP contribution >= 0.6 is 0 Å². The van der Waals surface area contributed by atoms with E-state index in [1.54, 1.807) is 25.1 Å². The molecule has 0 spiro atoms. The Morgan fingerprint density at radius 1 is 1.44 bits per heavy atom. The van der Waals surface area contributed by atoms with Crippen LogP contribution in [-0.4, -0.2) is 24.3 Å². The van der Waals surface area contributed by atoms with E-state index in [4.69, 9.17) is 14.6 Å². The zero-order chi connectivity index (χ0) is 13.5. The maximum atomic E-state index is 10.9. The molecule has 98 valence electrons. The van der Waals surface area contributed by atoms with E-state index in [-0.39, 0.29) is 6.54 Å². The van der Waals surface area contributed by atoms with Gasteiger partial charge in [0, 0.05) is 0 Å². The van der Waals surface area contributed by atoms with Gasteiger partial charge in [0.1, 0.15) is 6.54 Å². The molecule has 0 saturated heterocycles. The SMILES string of the molecule is CCC(Oc1cc(CN=O)ccc1OC)C(=O)O. The van der Waals surface area contributed by atoms with Gasteiger partial charge in [-0.3, -0.25) is 0 Å². The van der Waals surface area contributed by atoms with Gasteiger partial charge in [0.05, 0.1) is 7.11 Å². The summed E-state index contributed by atoms with van der Waals surface area (Å²) in [6.45, 7) is 1.71. The molecule has 0 aliphatic rings. The smallest absolute Gasteiger partial charge is 0.344 e. The summed E-state index contributed by atoms with van der Waals surface area (Å²) >= 11 is 0. The summed E-state index contributed by atoms with van der Waals surface area (Å²) in [6.07, 6.45) is -0.618. The van der Waals surface area contributed by atoms with Crippen molar-refractivity contribution in [1.29, 1.82) is 0 Å². The van der Waals surface area contributed by atoms with Crippen LogP contribution in [-0.2, 0) is 11.3 Å². The van der Waals surface area contributed by atoms with Crippen molar-refractivity contribution in [2.75, 3.05) is 7.11 Å². The molecular formula is C12H15NO5. The summed E-state index contributed by atoms with van der Waals surface area (Å²) in [5, 5.41) is 11.7. The lowest BCUT2D eigenvalue weighted by Gasteiger charge is -2.16. The Hall–Kier alpha value is -2.11. The molecule has 0 radical (unpaired) electrons. The van der Waals surface area contributed by atoms with Gasteiger partial charge in [0.25, 0.3) is 0 Å². The first kappa shape index (κ1) is 14.0. The molecule has 0 saturated carbocycles. The molecule has 0 bridgehead atoms. The Morgan fingerprint density at radius 2 is 2.17 bits per heavy atom. The molecule has 1 rings (SSSR count). The molecule has 0 aliphatic carbocycles. The molecule has 6 nitrogen and oxygen atoms in total. The monoisotopic (exact) mass is 253 g/mol. The number of rotatable bonds is 7. The van der Waals surface area contributed by atoms with Crippen LogP contribution in [0.15, 0.2) is 23.4 Å². The first-order valence-corrected chi connectivity index (χ1v) is 5.47. The highest BCUT2D eigenvalue weighted by Gasteiger charge is 2.19. The predicted molar refractivity (Wildman–Crippen MR) is 64.8 cm³/mol. The van der Waals surface area contributed by atoms with E-state index in [0.29, 0.717) is 23.5 Å². The molecule has 1 atom stereocenters. The number of ether oxygens (including phenoxy) is 2. The van der Waals surface area contributed by atoms with Gasteiger partial charge in [-0.15, -0.1) is 0 Å². The van der Waals surface area contributed by atoms with Crippen molar-refractivity contribution < 1.29 is 19.4 Å². The molecule has 0 fully saturated rings. The number of nitroso groups, excluding NO2 is 1. The van der Waals surface area contributed by atoms with E-state index in [9.17, 15) is 9.70 Å². The molecule has 0 heterocycles. The zero-order valence-corrected chi connectivity index (χ0v) is 10.3. The number of carboxylic acids is 1. The van der Waals surface area contributed by atoms with Gasteiger partial charge in [-0.25, -0.2) is 4.79 Å². The van der Waals surface area contributed by atoms with Crippen LogP contribution in [0.5, 0.6) is 11.5 Å². The van der Waals surface area contributed by atoms with Crippen molar-refractivity contribution in [3.8, 4) is 11.5 Å².